The summed E-state index contributed by atoms with van der Waals surface area (Å²) in [5, 5.41) is 1.02. The predicted octanol–water partition coefficient (Wildman–Crippen LogP) is 3.83. The molecule has 0 N–H and O–H groups in total. The van der Waals surface area contributed by atoms with Crippen LogP contribution in [0, 0.1) is 0 Å². The first kappa shape index (κ1) is 18.3. The molecule has 0 aliphatic carbocycles. The van der Waals surface area contributed by atoms with Gasteiger partial charge in [-0.15, -0.1) is 0 Å². The highest BCUT2D eigenvalue weighted by Gasteiger charge is 2.24. The van der Waals surface area contributed by atoms with Crippen LogP contribution < -0.4 is 0 Å². The maximum atomic E-state index is 12.2. The van der Waals surface area contributed by atoms with E-state index in [1.165, 1.54) is 0 Å². The first-order valence-corrected chi connectivity index (χ1v) is 8.50. The number of amides is 1. The van der Waals surface area contributed by atoms with E-state index in [-0.39, 0.29) is 6.09 Å². The molecule has 5 nitrogen and oxygen atoms in total. The number of halogens is 2. The van der Waals surface area contributed by atoms with Gasteiger partial charge in [0.1, 0.15) is 10.8 Å². The second kappa shape index (κ2) is 7.69. The monoisotopic (exact) mass is 359 g/mol. The molecule has 0 spiro atoms. The quantitative estimate of drug-likeness (QED) is 0.752. The number of aromatic nitrogens is 1. The number of carbonyl (C=O) groups is 1. The molecule has 0 saturated carbocycles. The molecule has 0 unspecified atom stereocenters. The average Bonchev–Trinajstić information content (AvgIpc) is 2.66. The van der Waals surface area contributed by atoms with Crippen molar-refractivity contribution in [2.75, 3.05) is 26.2 Å². The summed E-state index contributed by atoms with van der Waals surface area (Å²) < 4.78 is 5.44. The van der Waals surface area contributed by atoms with Gasteiger partial charge in [-0.3, -0.25) is 4.90 Å². The van der Waals surface area contributed by atoms with Gasteiger partial charge in [-0.1, -0.05) is 23.2 Å². The van der Waals surface area contributed by atoms with E-state index in [2.05, 4.69) is 9.88 Å². The van der Waals surface area contributed by atoms with Crippen molar-refractivity contribution in [1.29, 1.82) is 0 Å². The lowest BCUT2D eigenvalue weighted by molar-refractivity contribution is 0.0257. The highest BCUT2D eigenvalue weighted by atomic mass is 35.5. The Bertz CT molecular complexity index is 561. The van der Waals surface area contributed by atoms with Gasteiger partial charge in [0.15, 0.2) is 0 Å². The van der Waals surface area contributed by atoms with E-state index in [0.717, 1.165) is 25.1 Å². The summed E-state index contributed by atoms with van der Waals surface area (Å²) in [5.74, 6) is 0. The first-order chi connectivity index (χ1) is 10.7. The minimum Gasteiger partial charge on any atom is -0.444 e. The van der Waals surface area contributed by atoms with Crippen LogP contribution in [0.3, 0.4) is 0 Å². The maximum absolute atomic E-state index is 12.2. The molecule has 1 saturated heterocycles. The van der Waals surface area contributed by atoms with E-state index >= 15 is 0 Å². The van der Waals surface area contributed by atoms with Crippen LogP contribution in [0.2, 0.25) is 10.2 Å². The molecule has 1 amide bonds. The van der Waals surface area contributed by atoms with E-state index in [1.54, 1.807) is 17.2 Å². The summed E-state index contributed by atoms with van der Waals surface area (Å²) in [4.78, 5) is 20.3. The number of carbonyl (C=O) groups excluding carboxylic acids is 1. The summed E-state index contributed by atoms with van der Waals surface area (Å²) >= 11 is 12.0. The van der Waals surface area contributed by atoms with Gasteiger partial charge >= 0.3 is 6.09 Å². The summed E-state index contributed by atoms with van der Waals surface area (Å²) in [6, 6.07) is 1.66. The summed E-state index contributed by atoms with van der Waals surface area (Å²) in [6.07, 6.45) is 2.37. The van der Waals surface area contributed by atoms with E-state index in [9.17, 15) is 4.79 Å². The molecule has 0 atom stereocenters. The zero-order valence-electron chi connectivity index (χ0n) is 13.8. The molecule has 2 rings (SSSR count). The third-order valence-corrected chi connectivity index (χ3v) is 4.09. The molecule has 7 heteroatoms. The summed E-state index contributed by atoms with van der Waals surface area (Å²) in [5.41, 5.74) is 0.479. The fourth-order valence-electron chi connectivity index (χ4n) is 2.43. The van der Waals surface area contributed by atoms with Gasteiger partial charge in [0.05, 0.1) is 0 Å². The van der Waals surface area contributed by atoms with Crippen molar-refractivity contribution in [1.82, 2.24) is 14.8 Å². The van der Waals surface area contributed by atoms with E-state index in [0.29, 0.717) is 29.8 Å². The lowest BCUT2D eigenvalue weighted by Crippen LogP contribution is -2.39. The molecule has 0 aromatic carbocycles. The highest BCUT2D eigenvalue weighted by Crippen LogP contribution is 2.21. The minimum absolute atomic E-state index is 0.245. The van der Waals surface area contributed by atoms with Crippen LogP contribution in [0.25, 0.3) is 0 Å². The Labute approximate surface area is 147 Å². The van der Waals surface area contributed by atoms with Crippen molar-refractivity contribution in [3.05, 3.63) is 28.0 Å². The van der Waals surface area contributed by atoms with Crippen molar-refractivity contribution >= 4 is 29.3 Å². The predicted molar refractivity (Wildman–Crippen MR) is 92.0 cm³/mol. The zero-order chi connectivity index (χ0) is 17.0. The van der Waals surface area contributed by atoms with Gasteiger partial charge < -0.3 is 9.64 Å². The molecule has 128 valence electrons. The number of hydrogen-bond donors (Lipinski definition) is 0. The number of nitrogens with zero attached hydrogens (tertiary/aromatic N) is 3. The molecule has 1 aliphatic heterocycles. The topological polar surface area (TPSA) is 45.7 Å². The first-order valence-electron chi connectivity index (χ1n) is 7.75. The molecule has 1 aromatic rings. The van der Waals surface area contributed by atoms with E-state index < -0.39 is 5.60 Å². The second-order valence-corrected chi connectivity index (χ2v) is 7.49. The summed E-state index contributed by atoms with van der Waals surface area (Å²) in [7, 11) is 0. The van der Waals surface area contributed by atoms with Gasteiger partial charge in [0.2, 0.25) is 0 Å². The van der Waals surface area contributed by atoms with Gasteiger partial charge in [-0.2, -0.15) is 0 Å². The Hall–Kier alpha value is -1.04. The van der Waals surface area contributed by atoms with Gasteiger partial charge in [-0.05, 0) is 33.3 Å². The normalized spacial score (nSPS) is 17.0. The van der Waals surface area contributed by atoms with Crippen LogP contribution in [0.15, 0.2) is 12.3 Å². The lowest BCUT2D eigenvalue weighted by Gasteiger charge is -2.26. The number of ether oxygens (including phenoxy) is 1. The molecule has 1 fully saturated rings. The standard InChI is InChI=1S/C16H23Cl2N3O2/c1-16(2,3)23-15(22)21-6-4-5-20(7-8-21)11-12-10-19-14(18)9-13(12)17/h9-10H,4-8,11H2,1-3H3. The molecular weight excluding hydrogens is 337 g/mol. The minimum atomic E-state index is -0.467. The SMILES string of the molecule is CC(C)(C)OC(=O)N1CCCN(Cc2cnc(Cl)cc2Cl)CC1. The number of pyridine rings is 1. The molecule has 1 aromatic heterocycles. The molecule has 23 heavy (non-hydrogen) atoms. The zero-order valence-corrected chi connectivity index (χ0v) is 15.3. The van der Waals surface area contributed by atoms with Crippen molar-refractivity contribution in [3.8, 4) is 0 Å². The van der Waals surface area contributed by atoms with Crippen molar-refractivity contribution in [2.24, 2.45) is 0 Å². The Kier molecular flexibility index (Phi) is 6.12. The molecule has 1 aliphatic rings. The maximum Gasteiger partial charge on any atom is 0.410 e. The Morgan fingerprint density at radius 1 is 1.26 bits per heavy atom. The van der Waals surface area contributed by atoms with Crippen LogP contribution >= 0.6 is 23.2 Å². The van der Waals surface area contributed by atoms with Crippen LogP contribution in [0.5, 0.6) is 0 Å². The van der Waals surface area contributed by atoms with Gasteiger partial charge in [-0.25, -0.2) is 9.78 Å². The van der Waals surface area contributed by atoms with Gasteiger partial charge in [0.25, 0.3) is 0 Å². The highest BCUT2D eigenvalue weighted by molar-refractivity contribution is 6.34. The van der Waals surface area contributed by atoms with Crippen LogP contribution in [0.1, 0.15) is 32.8 Å². The number of rotatable bonds is 2. The fourth-order valence-corrected chi connectivity index (χ4v) is 2.86. The van der Waals surface area contributed by atoms with Crippen molar-refractivity contribution in [3.63, 3.8) is 0 Å². The Morgan fingerprint density at radius 3 is 2.65 bits per heavy atom. The number of hydrogen-bond acceptors (Lipinski definition) is 4. The molecule has 0 radical (unpaired) electrons. The van der Waals surface area contributed by atoms with Crippen LogP contribution in [0.4, 0.5) is 4.79 Å². The smallest absolute Gasteiger partial charge is 0.410 e. The van der Waals surface area contributed by atoms with Crippen molar-refractivity contribution < 1.29 is 9.53 Å². The fraction of sp³-hybridized carbons (Fsp3) is 0.625. The van der Waals surface area contributed by atoms with E-state index in [1.807, 2.05) is 20.8 Å². The van der Waals surface area contributed by atoms with E-state index in [4.69, 9.17) is 27.9 Å². The van der Waals surface area contributed by atoms with Crippen molar-refractivity contribution in [2.45, 2.75) is 39.3 Å². The van der Waals surface area contributed by atoms with Crippen LogP contribution in [-0.2, 0) is 11.3 Å². The molecule has 0 bridgehead atoms. The Morgan fingerprint density at radius 2 is 2.00 bits per heavy atom. The lowest BCUT2D eigenvalue weighted by atomic mass is 10.2. The largest absolute Gasteiger partial charge is 0.444 e. The van der Waals surface area contributed by atoms with Gasteiger partial charge in [0, 0.05) is 49.5 Å². The Balaban J connectivity index is 1.92. The average molecular weight is 360 g/mol. The third-order valence-electron chi connectivity index (χ3n) is 3.53. The third kappa shape index (κ3) is 5.83. The second-order valence-electron chi connectivity index (χ2n) is 6.70. The van der Waals surface area contributed by atoms with Crippen LogP contribution in [-0.4, -0.2) is 52.7 Å². The molecule has 2 heterocycles. The summed E-state index contributed by atoms with van der Waals surface area (Å²) in [6.45, 7) is 9.37. The molecular formula is C16H23Cl2N3O2.